The van der Waals surface area contributed by atoms with Crippen LogP contribution in [0.3, 0.4) is 0 Å². The first-order valence-corrected chi connectivity index (χ1v) is 10.5. The van der Waals surface area contributed by atoms with Crippen molar-refractivity contribution in [2.75, 3.05) is 0 Å². The highest BCUT2D eigenvalue weighted by atomic mass is 32.1. The van der Waals surface area contributed by atoms with Gasteiger partial charge < -0.3 is 5.32 Å². The molecule has 2 aromatic heterocycles. The van der Waals surface area contributed by atoms with Crippen molar-refractivity contribution >= 4 is 39.8 Å². The maximum absolute atomic E-state index is 5.32. The third-order valence-corrected chi connectivity index (χ3v) is 5.57. The van der Waals surface area contributed by atoms with Crippen LogP contribution in [-0.2, 0) is 13.0 Å². The zero-order valence-corrected chi connectivity index (χ0v) is 17.5. The van der Waals surface area contributed by atoms with Crippen LogP contribution in [0, 0.1) is 0 Å². The van der Waals surface area contributed by atoms with E-state index in [1.807, 2.05) is 65.2 Å². The summed E-state index contributed by atoms with van der Waals surface area (Å²) in [5.74, 6) is 0. The minimum Gasteiger partial charge on any atom is -0.357 e. The molecule has 0 bridgehead atoms. The summed E-state index contributed by atoms with van der Waals surface area (Å²) in [6.07, 6.45) is 2.59. The third kappa shape index (κ3) is 4.49. The van der Waals surface area contributed by atoms with Crippen LogP contribution in [0.15, 0.2) is 65.8 Å². The van der Waals surface area contributed by atoms with E-state index in [1.165, 1.54) is 0 Å². The van der Waals surface area contributed by atoms with E-state index in [4.69, 9.17) is 17.2 Å². The van der Waals surface area contributed by atoms with Crippen LogP contribution in [-0.4, -0.2) is 25.9 Å². The Morgan fingerprint density at radius 2 is 1.86 bits per heavy atom. The molecule has 0 fully saturated rings. The predicted octanol–water partition coefficient (Wildman–Crippen LogP) is 4.02. The molecule has 0 aliphatic carbocycles. The monoisotopic (exact) mass is 420 g/mol. The summed E-state index contributed by atoms with van der Waals surface area (Å²) in [4.78, 5) is 5.63. The Kier molecular flexibility index (Phi) is 5.92. The summed E-state index contributed by atoms with van der Waals surface area (Å²) < 4.78 is 1.84. The molecule has 0 spiro atoms. The Labute approximate surface area is 178 Å². The molecule has 0 aliphatic rings. The Balaban J connectivity index is 1.52. The summed E-state index contributed by atoms with van der Waals surface area (Å²) in [5.41, 5.74) is 6.72. The van der Waals surface area contributed by atoms with E-state index in [1.54, 1.807) is 17.6 Å². The van der Waals surface area contributed by atoms with Gasteiger partial charge in [0.15, 0.2) is 5.11 Å². The van der Waals surface area contributed by atoms with Gasteiger partial charge in [0.2, 0.25) is 4.96 Å². The smallest absolute Gasteiger partial charge is 0.213 e. The molecule has 8 heteroatoms. The molecule has 0 atom stereocenters. The van der Waals surface area contributed by atoms with Crippen molar-refractivity contribution in [3.8, 4) is 11.3 Å². The summed E-state index contributed by atoms with van der Waals surface area (Å²) in [6.45, 7) is 2.73. The molecule has 0 unspecified atom stereocenters. The molecular weight excluding hydrogens is 400 g/mol. The van der Waals surface area contributed by atoms with Crippen molar-refractivity contribution in [3.05, 3.63) is 76.9 Å². The lowest BCUT2D eigenvalue weighted by Gasteiger charge is -2.06. The fourth-order valence-electron chi connectivity index (χ4n) is 2.84. The van der Waals surface area contributed by atoms with E-state index in [2.05, 4.69) is 27.9 Å². The molecule has 0 radical (unpaired) electrons. The number of hydrazone groups is 1. The lowest BCUT2D eigenvalue weighted by Crippen LogP contribution is -2.31. The predicted molar refractivity (Wildman–Crippen MR) is 122 cm³/mol. The van der Waals surface area contributed by atoms with E-state index in [0.717, 1.165) is 38.9 Å². The number of aromatic nitrogens is 3. The number of nitrogens with one attached hydrogen (secondary N) is 2. The number of rotatable bonds is 6. The van der Waals surface area contributed by atoms with Crippen molar-refractivity contribution in [2.45, 2.75) is 19.9 Å². The van der Waals surface area contributed by atoms with Gasteiger partial charge in [-0.15, -0.1) is 0 Å². The first kappa shape index (κ1) is 19.2. The molecule has 4 rings (SSSR count). The van der Waals surface area contributed by atoms with Gasteiger partial charge in [0, 0.05) is 12.1 Å². The molecule has 0 saturated heterocycles. The van der Waals surface area contributed by atoms with Gasteiger partial charge in [0.25, 0.3) is 0 Å². The second-order valence-corrected chi connectivity index (χ2v) is 7.74. The number of hydrogen-bond donors (Lipinski definition) is 2. The largest absolute Gasteiger partial charge is 0.357 e. The molecule has 4 aromatic rings. The van der Waals surface area contributed by atoms with Gasteiger partial charge in [-0.25, -0.2) is 9.50 Å². The lowest BCUT2D eigenvalue weighted by atomic mass is 10.1. The quantitative estimate of drug-likeness (QED) is 0.280. The molecule has 2 heterocycles. The van der Waals surface area contributed by atoms with E-state index >= 15 is 0 Å². The molecule has 6 nitrogen and oxygen atoms in total. The number of aryl methyl sites for hydroxylation is 1. The second-order valence-electron chi connectivity index (χ2n) is 6.29. The van der Waals surface area contributed by atoms with Gasteiger partial charge in [0.1, 0.15) is 16.4 Å². The Morgan fingerprint density at radius 1 is 1.14 bits per heavy atom. The molecule has 0 aliphatic heterocycles. The molecule has 146 valence electrons. The van der Waals surface area contributed by atoms with Crippen LogP contribution in [0.5, 0.6) is 0 Å². The summed E-state index contributed by atoms with van der Waals surface area (Å²) in [5, 5.41) is 13.6. The number of imidazole rings is 1. The highest BCUT2D eigenvalue weighted by molar-refractivity contribution is 7.80. The maximum atomic E-state index is 5.32. The zero-order valence-electron chi connectivity index (χ0n) is 15.9. The van der Waals surface area contributed by atoms with Crippen LogP contribution in [0.4, 0.5) is 0 Å². The number of fused-ring (bicyclic) bond motifs is 1. The lowest BCUT2D eigenvalue weighted by molar-refractivity contribution is 0.866. The fraction of sp³-hybridized carbons (Fsp3) is 0.143. The number of benzene rings is 2. The average molecular weight is 421 g/mol. The molecule has 0 saturated carbocycles. The van der Waals surface area contributed by atoms with Gasteiger partial charge in [-0.1, -0.05) is 78.9 Å². The first-order chi connectivity index (χ1) is 14.2. The zero-order chi connectivity index (χ0) is 20.1. The maximum Gasteiger partial charge on any atom is 0.213 e. The van der Waals surface area contributed by atoms with Crippen LogP contribution in [0.25, 0.3) is 16.2 Å². The van der Waals surface area contributed by atoms with E-state index in [-0.39, 0.29) is 0 Å². The van der Waals surface area contributed by atoms with E-state index in [0.29, 0.717) is 11.7 Å². The molecule has 2 aromatic carbocycles. The van der Waals surface area contributed by atoms with Gasteiger partial charge in [-0.3, -0.25) is 5.43 Å². The van der Waals surface area contributed by atoms with Crippen LogP contribution >= 0.6 is 23.6 Å². The Morgan fingerprint density at radius 3 is 2.59 bits per heavy atom. The standard InChI is InChI=1S/C21H20N6S2/c1-2-18-26-27-17(19(24-21(27)29-18)16-11-7-4-8-12-16)14-23-25-20(28)22-13-15-9-5-3-6-10-15/h3-12,14H,2,13H2,1H3,(H2,22,25,28)/b23-14-. The normalized spacial score (nSPS) is 11.2. The highest BCUT2D eigenvalue weighted by Crippen LogP contribution is 2.26. The number of nitrogens with zero attached hydrogens (tertiary/aromatic N) is 4. The summed E-state index contributed by atoms with van der Waals surface area (Å²) >= 11 is 6.91. The molecule has 2 N–H and O–H groups in total. The first-order valence-electron chi connectivity index (χ1n) is 9.29. The van der Waals surface area contributed by atoms with Gasteiger partial charge in [-0.2, -0.15) is 10.2 Å². The molecular formula is C21H20N6S2. The molecule has 29 heavy (non-hydrogen) atoms. The van der Waals surface area contributed by atoms with Crippen LogP contribution < -0.4 is 10.7 Å². The minimum atomic E-state index is 0.458. The van der Waals surface area contributed by atoms with Crippen LogP contribution in [0.1, 0.15) is 23.2 Å². The van der Waals surface area contributed by atoms with Crippen LogP contribution in [0.2, 0.25) is 0 Å². The van der Waals surface area contributed by atoms with Gasteiger partial charge in [0.05, 0.1) is 6.21 Å². The van der Waals surface area contributed by atoms with E-state index < -0.39 is 0 Å². The van der Waals surface area contributed by atoms with Crippen molar-refractivity contribution < 1.29 is 0 Å². The Bertz CT molecular complexity index is 1130. The SMILES string of the molecule is CCc1nn2c(/C=N\NC(=S)NCc3ccccc3)c(-c3ccccc3)nc2s1. The topological polar surface area (TPSA) is 66.6 Å². The number of hydrogen-bond acceptors (Lipinski definition) is 5. The van der Waals surface area contributed by atoms with Crippen molar-refractivity contribution in [1.82, 2.24) is 25.3 Å². The fourth-order valence-corrected chi connectivity index (χ4v) is 3.81. The third-order valence-electron chi connectivity index (χ3n) is 4.28. The summed E-state index contributed by atoms with van der Waals surface area (Å²) in [6, 6.07) is 20.1. The molecule has 0 amide bonds. The summed E-state index contributed by atoms with van der Waals surface area (Å²) in [7, 11) is 0. The van der Waals surface area contributed by atoms with Gasteiger partial charge >= 0.3 is 0 Å². The number of thiocarbonyl (C=S) groups is 1. The average Bonchev–Trinajstić information content (AvgIpc) is 3.32. The van der Waals surface area contributed by atoms with Crippen molar-refractivity contribution in [2.24, 2.45) is 5.10 Å². The highest BCUT2D eigenvalue weighted by Gasteiger charge is 2.16. The van der Waals surface area contributed by atoms with Crippen molar-refractivity contribution in [3.63, 3.8) is 0 Å². The van der Waals surface area contributed by atoms with Gasteiger partial charge in [-0.05, 0) is 24.2 Å². The second kappa shape index (κ2) is 8.93. The minimum absolute atomic E-state index is 0.458. The van der Waals surface area contributed by atoms with E-state index in [9.17, 15) is 0 Å². The Hall–Kier alpha value is -3.10. The van der Waals surface area contributed by atoms with Crippen molar-refractivity contribution in [1.29, 1.82) is 0 Å².